The molecule has 0 aromatic rings. The molecule has 130 valence electrons. The van der Waals surface area contributed by atoms with E-state index in [0.717, 1.165) is 12.8 Å². The Morgan fingerprint density at radius 2 is 0.905 bits per heavy atom. The van der Waals surface area contributed by atoms with Crippen LogP contribution in [0.4, 0.5) is 0 Å². The normalized spacial score (nSPS) is 10.3. The molecule has 0 aliphatic carbocycles. The van der Waals surface area contributed by atoms with Crippen molar-refractivity contribution in [3.05, 3.63) is 0 Å². The summed E-state index contributed by atoms with van der Waals surface area (Å²) in [5.41, 5.74) is 0. The topological polar surface area (TPSA) is 37.3 Å². The summed E-state index contributed by atoms with van der Waals surface area (Å²) in [5, 5.41) is 8.52. The van der Waals surface area contributed by atoms with Crippen molar-refractivity contribution in [3.8, 4) is 0 Å². The van der Waals surface area contributed by atoms with Crippen LogP contribution in [0.15, 0.2) is 0 Å². The first-order valence-corrected chi connectivity index (χ1v) is 8.99. The molecule has 0 spiro atoms. The maximum Gasteiger partial charge on any atom is 1.00 e. The van der Waals surface area contributed by atoms with Crippen molar-refractivity contribution in [2.45, 2.75) is 110 Å². The zero-order chi connectivity index (χ0) is 14.9. The van der Waals surface area contributed by atoms with Crippen molar-refractivity contribution in [2.24, 2.45) is 0 Å². The molecule has 21 heavy (non-hydrogen) atoms. The van der Waals surface area contributed by atoms with Gasteiger partial charge in [-0.05, 0) is 6.42 Å². The summed E-state index contributed by atoms with van der Waals surface area (Å²) in [5.74, 6) is -0.653. The zero-order valence-corrected chi connectivity index (χ0v) is 15.5. The molecule has 0 unspecified atom stereocenters. The van der Waals surface area contributed by atoms with Gasteiger partial charge < -0.3 is 5.11 Å². The number of carbonyl (C=O) groups is 1. The minimum atomic E-state index is -0.653. The number of carboxylic acid groups (broad SMARTS) is 1. The molecule has 0 aromatic heterocycles. The van der Waals surface area contributed by atoms with Gasteiger partial charge in [0.1, 0.15) is 0 Å². The van der Waals surface area contributed by atoms with Gasteiger partial charge in [-0.1, -0.05) is 96.8 Å². The second-order valence-electron chi connectivity index (χ2n) is 6.09. The van der Waals surface area contributed by atoms with E-state index in [1.807, 2.05) is 0 Å². The van der Waals surface area contributed by atoms with Gasteiger partial charge in [-0.15, -0.1) is 0 Å². The molecule has 0 amide bonds. The van der Waals surface area contributed by atoms with Crippen LogP contribution in [-0.4, -0.2) is 11.1 Å². The van der Waals surface area contributed by atoms with Crippen LogP contribution in [-0.2, 0) is 27.2 Å². The van der Waals surface area contributed by atoms with E-state index in [9.17, 15) is 4.79 Å². The minimum Gasteiger partial charge on any atom is -0.481 e. The van der Waals surface area contributed by atoms with Crippen LogP contribution in [0, 0.1) is 0 Å². The van der Waals surface area contributed by atoms with E-state index in [2.05, 4.69) is 6.92 Å². The third-order valence-electron chi connectivity index (χ3n) is 3.99. The summed E-state index contributed by atoms with van der Waals surface area (Å²) in [6.45, 7) is 2.27. The minimum absolute atomic E-state index is 0. The molecule has 0 bridgehead atoms. The van der Waals surface area contributed by atoms with Crippen LogP contribution >= 0.6 is 0 Å². The molecule has 0 rings (SSSR count). The fourth-order valence-electron chi connectivity index (χ4n) is 2.65. The Labute approximate surface area is 148 Å². The largest absolute Gasteiger partial charge is 1.00 e. The summed E-state index contributed by atoms with van der Waals surface area (Å²) in [4.78, 5) is 10.3. The van der Waals surface area contributed by atoms with Gasteiger partial charge in [0.15, 0.2) is 0 Å². The predicted molar refractivity (Wildman–Crippen MR) is 87.2 cm³/mol. The third kappa shape index (κ3) is 22.6. The van der Waals surface area contributed by atoms with Crippen LogP contribution in [0.25, 0.3) is 0 Å². The van der Waals surface area contributed by atoms with Gasteiger partial charge in [-0.3, -0.25) is 4.79 Å². The van der Waals surface area contributed by atoms with Crippen LogP contribution in [0.5, 0.6) is 0 Å². The molecular weight excluding hydrogens is 356 g/mol. The Morgan fingerprint density at radius 3 is 1.19 bits per heavy atom. The fourth-order valence-corrected chi connectivity index (χ4v) is 2.65. The number of aliphatic carboxylic acids is 1. The molecule has 3 heteroatoms. The molecule has 0 fully saturated rings. The van der Waals surface area contributed by atoms with Crippen molar-refractivity contribution in [1.29, 1.82) is 0 Å². The molecule has 0 aliphatic rings. The van der Waals surface area contributed by atoms with Crippen molar-refractivity contribution < 1.29 is 32.3 Å². The van der Waals surface area contributed by atoms with Crippen LogP contribution in [0.2, 0.25) is 0 Å². The molecule has 1 N–H and O–H groups in total. The summed E-state index contributed by atoms with van der Waals surface area (Å²) in [6, 6.07) is 0. The van der Waals surface area contributed by atoms with Gasteiger partial charge in [0.2, 0.25) is 0 Å². The van der Waals surface area contributed by atoms with E-state index in [4.69, 9.17) is 5.11 Å². The Kier molecular flexibility index (Phi) is 22.6. The van der Waals surface area contributed by atoms with Gasteiger partial charge in [0.05, 0.1) is 0 Å². The first kappa shape index (κ1) is 23.5. The maximum absolute atomic E-state index is 10.3. The van der Waals surface area contributed by atoms with E-state index in [0.29, 0.717) is 6.42 Å². The standard InChI is InChI=1S/C18H36O2.Ag/c1-2-3-4-5-6-7-8-9-10-11-12-13-14-15-16-17-18(19)20;/h2-17H2,1H3,(H,19,20);/q;+1. The zero-order valence-electron chi connectivity index (χ0n) is 14.0. The Balaban J connectivity index is 0. The van der Waals surface area contributed by atoms with Crippen LogP contribution in [0.3, 0.4) is 0 Å². The molecular formula is C18H36AgO2+. The number of rotatable bonds is 16. The van der Waals surface area contributed by atoms with E-state index < -0.39 is 5.97 Å². The van der Waals surface area contributed by atoms with Crippen molar-refractivity contribution >= 4 is 5.97 Å². The van der Waals surface area contributed by atoms with E-state index in [-0.39, 0.29) is 22.4 Å². The summed E-state index contributed by atoms with van der Waals surface area (Å²) in [7, 11) is 0. The Morgan fingerprint density at radius 1 is 0.619 bits per heavy atom. The molecule has 0 heterocycles. The summed E-state index contributed by atoms with van der Waals surface area (Å²) >= 11 is 0. The molecule has 0 atom stereocenters. The van der Waals surface area contributed by atoms with Gasteiger partial charge in [-0.25, -0.2) is 0 Å². The van der Waals surface area contributed by atoms with Crippen molar-refractivity contribution in [3.63, 3.8) is 0 Å². The van der Waals surface area contributed by atoms with E-state index in [1.54, 1.807) is 0 Å². The molecule has 0 aromatic carbocycles. The summed E-state index contributed by atoms with van der Waals surface area (Å²) in [6.07, 6.45) is 20.2. The molecule has 0 saturated carbocycles. The van der Waals surface area contributed by atoms with E-state index in [1.165, 1.54) is 83.5 Å². The number of carboxylic acids is 1. The van der Waals surface area contributed by atoms with E-state index >= 15 is 0 Å². The van der Waals surface area contributed by atoms with Crippen LogP contribution < -0.4 is 0 Å². The number of hydrogen-bond acceptors (Lipinski definition) is 1. The predicted octanol–water partition coefficient (Wildman–Crippen LogP) is 6.33. The van der Waals surface area contributed by atoms with Gasteiger partial charge in [-0.2, -0.15) is 0 Å². The fraction of sp³-hybridized carbons (Fsp3) is 0.944. The van der Waals surface area contributed by atoms with Crippen molar-refractivity contribution in [2.75, 3.05) is 0 Å². The molecule has 0 aliphatic heterocycles. The average molecular weight is 392 g/mol. The average Bonchev–Trinajstić information content (AvgIpc) is 2.43. The third-order valence-corrected chi connectivity index (χ3v) is 3.99. The Hall–Kier alpha value is 0.210. The van der Waals surface area contributed by atoms with Gasteiger partial charge in [0.25, 0.3) is 0 Å². The van der Waals surface area contributed by atoms with Crippen LogP contribution in [0.1, 0.15) is 110 Å². The Bertz CT molecular complexity index is 207. The SMILES string of the molecule is CCCCCCCCCCCCCCCCCC(=O)O.[Ag+]. The summed E-state index contributed by atoms with van der Waals surface area (Å²) < 4.78 is 0. The number of hydrogen-bond donors (Lipinski definition) is 1. The number of unbranched alkanes of at least 4 members (excludes halogenated alkanes) is 14. The maximum atomic E-state index is 10.3. The molecule has 0 radical (unpaired) electrons. The quantitative estimate of drug-likeness (QED) is 0.246. The monoisotopic (exact) mass is 391 g/mol. The smallest absolute Gasteiger partial charge is 0.481 e. The van der Waals surface area contributed by atoms with Crippen molar-refractivity contribution in [1.82, 2.24) is 0 Å². The van der Waals surface area contributed by atoms with Gasteiger partial charge >= 0.3 is 28.3 Å². The molecule has 0 saturated heterocycles. The van der Waals surface area contributed by atoms with Gasteiger partial charge in [0, 0.05) is 6.42 Å². The molecule has 2 nitrogen and oxygen atoms in total. The first-order valence-electron chi connectivity index (χ1n) is 8.99. The second-order valence-corrected chi connectivity index (χ2v) is 6.09. The first-order chi connectivity index (χ1) is 9.77. The second kappa shape index (κ2) is 20.2.